The molecular weight excluding hydrogens is 240 g/mol. The van der Waals surface area contributed by atoms with Gasteiger partial charge in [-0.1, -0.05) is 6.92 Å². The summed E-state index contributed by atoms with van der Waals surface area (Å²) >= 11 is 7.51. The molecular formula is C12H19ClN2S. The minimum absolute atomic E-state index is 0.531. The predicted octanol–water partition coefficient (Wildman–Crippen LogP) is 3.64. The molecule has 1 fully saturated rings. The van der Waals surface area contributed by atoms with Crippen LogP contribution >= 0.6 is 22.9 Å². The highest BCUT2D eigenvalue weighted by molar-refractivity contribution is 7.09. The number of rotatable bonds is 4. The molecule has 2 rings (SSSR count). The normalized spacial score (nSPS) is 26.4. The van der Waals surface area contributed by atoms with Gasteiger partial charge in [0.15, 0.2) is 0 Å². The SMILES string of the molecule is CCC1CCC(C)N1Cc1nc(CCl)cs1. The van der Waals surface area contributed by atoms with Crippen molar-refractivity contribution in [3.05, 3.63) is 16.1 Å². The molecule has 0 bridgehead atoms. The van der Waals surface area contributed by atoms with Crippen molar-refractivity contribution in [2.45, 2.75) is 57.6 Å². The number of halogens is 1. The number of likely N-dealkylation sites (tertiary alicyclic amines) is 1. The molecule has 16 heavy (non-hydrogen) atoms. The summed E-state index contributed by atoms with van der Waals surface area (Å²) in [5.74, 6) is 0.531. The summed E-state index contributed by atoms with van der Waals surface area (Å²) in [7, 11) is 0. The molecule has 2 heterocycles. The molecule has 0 amide bonds. The van der Waals surface area contributed by atoms with Gasteiger partial charge in [0, 0.05) is 17.5 Å². The Balaban J connectivity index is 2.02. The van der Waals surface area contributed by atoms with Gasteiger partial charge in [0.2, 0.25) is 0 Å². The van der Waals surface area contributed by atoms with Gasteiger partial charge < -0.3 is 0 Å². The summed E-state index contributed by atoms with van der Waals surface area (Å²) in [6, 6.07) is 1.45. The van der Waals surface area contributed by atoms with Crippen molar-refractivity contribution in [1.29, 1.82) is 0 Å². The Morgan fingerprint density at radius 3 is 3.00 bits per heavy atom. The van der Waals surface area contributed by atoms with Crippen LogP contribution in [0.5, 0.6) is 0 Å². The Bertz CT molecular complexity index is 340. The van der Waals surface area contributed by atoms with Crippen molar-refractivity contribution < 1.29 is 0 Å². The van der Waals surface area contributed by atoms with Crippen LogP contribution in [0, 0.1) is 0 Å². The smallest absolute Gasteiger partial charge is 0.107 e. The Kier molecular flexibility index (Phi) is 4.22. The number of thiazole rings is 1. The standard InChI is InChI=1S/C12H19ClN2S/c1-3-11-5-4-9(2)15(11)7-12-14-10(6-13)8-16-12/h8-9,11H,3-7H2,1-2H3. The highest BCUT2D eigenvalue weighted by Crippen LogP contribution is 2.28. The molecule has 0 aliphatic carbocycles. The number of nitrogens with zero attached hydrogens (tertiary/aromatic N) is 2. The van der Waals surface area contributed by atoms with Crippen molar-refractivity contribution in [2.24, 2.45) is 0 Å². The zero-order valence-corrected chi connectivity index (χ0v) is 11.5. The molecule has 0 radical (unpaired) electrons. The molecule has 0 N–H and O–H groups in total. The Hall–Kier alpha value is -0.120. The molecule has 90 valence electrons. The highest BCUT2D eigenvalue weighted by atomic mass is 35.5. The molecule has 4 heteroatoms. The molecule has 1 aromatic rings. The maximum Gasteiger partial charge on any atom is 0.107 e. The maximum atomic E-state index is 5.77. The molecule has 2 unspecified atom stereocenters. The Labute approximate surface area is 107 Å². The van der Waals surface area contributed by atoms with Crippen LogP contribution in [-0.4, -0.2) is 22.0 Å². The quantitative estimate of drug-likeness (QED) is 0.767. The third kappa shape index (κ3) is 2.58. The van der Waals surface area contributed by atoms with Crippen molar-refractivity contribution >= 4 is 22.9 Å². The fourth-order valence-electron chi connectivity index (χ4n) is 2.49. The van der Waals surface area contributed by atoms with Gasteiger partial charge in [-0.2, -0.15) is 0 Å². The molecule has 0 saturated carbocycles. The van der Waals surface area contributed by atoms with E-state index in [0.29, 0.717) is 11.9 Å². The average molecular weight is 259 g/mol. The van der Waals surface area contributed by atoms with E-state index in [1.165, 1.54) is 24.3 Å². The topological polar surface area (TPSA) is 16.1 Å². The fraction of sp³-hybridized carbons (Fsp3) is 0.750. The summed E-state index contributed by atoms with van der Waals surface area (Å²) in [5.41, 5.74) is 1.02. The van der Waals surface area contributed by atoms with Gasteiger partial charge in [0.05, 0.1) is 18.1 Å². The second kappa shape index (κ2) is 5.48. The van der Waals surface area contributed by atoms with Crippen molar-refractivity contribution in [1.82, 2.24) is 9.88 Å². The summed E-state index contributed by atoms with van der Waals surface area (Å²) in [6.45, 7) is 5.61. The molecule has 2 nitrogen and oxygen atoms in total. The lowest BCUT2D eigenvalue weighted by Crippen LogP contribution is -2.33. The molecule has 0 spiro atoms. The summed E-state index contributed by atoms with van der Waals surface area (Å²) in [4.78, 5) is 7.13. The molecule has 1 aliphatic rings. The second-order valence-corrected chi connectivity index (χ2v) is 5.74. The molecule has 1 saturated heterocycles. The van der Waals surface area contributed by atoms with E-state index in [9.17, 15) is 0 Å². The van der Waals surface area contributed by atoms with Crippen molar-refractivity contribution in [3.63, 3.8) is 0 Å². The van der Waals surface area contributed by atoms with E-state index in [1.807, 2.05) is 0 Å². The van der Waals surface area contributed by atoms with Crippen LogP contribution in [0.4, 0.5) is 0 Å². The number of aromatic nitrogens is 1. The van der Waals surface area contributed by atoms with E-state index in [1.54, 1.807) is 11.3 Å². The van der Waals surface area contributed by atoms with E-state index in [-0.39, 0.29) is 0 Å². The third-order valence-electron chi connectivity index (χ3n) is 3.48. The first-order chi connectivity index (χ1) is 7.74. The van der Waals surface area contributed by atoms with Gasteiger partial charge >= 0.3 is 0 Å². The first kappa shape index (κ1) is 12.3. The van der Waals surface area contributed by atoms with E-state index < -0.39 is 0 Å². The third-order valence-corrected chi connectivity index (χ3v) is 4.63. The summed E-state index contributed by atoms with van der Waals surface area (Å²) < 4.78 is 0. The van der Waals surface area contributed by atoms with Crippen LogP contribution < -0.4 is 0 Å². The Morgan fingerprint density at radius 2 is 2.38 bits per heavy atom. The van der Waals surface area contributed by atoms with Gasteiger partial charge in [-0.3, -0.25) is 4.90 Å². The second-order valence-electron chi connectivity index (χ2n) is 4.53. The van der Waals surface area contributed by atoms with E-state index in [4.69, 9.17) is 11.6 Å². The molecule has 1 aromatic heterocycles. The first-order valence-corrected chi connectivity index (χ1v) is 7.41. The first-order valence-electron chi connectivity index (χ1n) is 5.99. The van der Waals surface area contributed by atoms with Crippen LogP contribution in [0.25, 0.3) is 0 Å². The van der Waals surface area contributed by atoms with Gasteiger partial charge in [-0.15, -0.1) is 22.9 Å². The van der Waals surface area contributed by atoms with Gasteiger partial charge in [-0.25, -0.2) is 4.98 Å². The lowest BCUT2D eigenvalue weighted by Gasteiger charge is -2.26. The van der Waals surface area contributed by atoms with Gasteiger partial charge in [-0.05, 0) is 26.2 Å². The van der Waals surface area contributed by atoms with E-state index >= 15 is 0 Å². The van der Waals surface area contributed by atoms with Crippen LogP contribution in [0.1, 0.15) is 43.8 Å². The molecule has 2 atom stereocenters. The van der Waals surface area contributed by atoms with E-state index in [0.717, 1.165) is 18.3 Å². The van der Waals surface area contributed by atoms with Crippen molar-refractivity contribution in [2.75, 3.05) is 0 Å². The van der Waals surface area contributed by atoms with Crippen LogP contribution in [0.2, 0.25) is 0 Å². The summed E-state index contributed by atoms with van der Waals surface area (Å²) in [6.07, 6.45) is 3.91. The largest absolute Gasteiger partial charge is 0.291 e. The molecule has 0 aromatic carbocycles. The van der Waals surface area contributed by atoms with E-state index in [2.05, 4.69) is 29.1 Å². The summed E-state index contributed by atoms with van der Waals surface area (Å²) in [5, 5.41) is 3.28. The number of alkyl halides is 1. The zero-order valence-electron chi connectivity index (χ0n) is 9.95. The number of hydrogen-bond acceptors (Lipinski definition) is 3. The minimum Gasteiger partial charge on any atom is -0.291 e. The number of hydrogen-bond donors (Lipinski definition) is 0. The zero-order chi connectivity index (χ0) is 11.5. The van der Waals surface area contributed by atoms with Crippen LogP contribution in [-0.2, 0) is 12.4 Å². The minimum atomic E-state index is 0.531. The fourth-order valence-corrected chi connectivity index (χ4v) is 3.52. The maximum absolute atomic E-state index is 5.77. The lowest BCUT2D eigenvalue weighted by atomic mass is 10.1. The van der Waals surface area contributed by atoms with Crippen LogP contribution in [0.15, 0.2) is 5.38 Å². The van der Waals surface area contributed by atoms with Gasteiger partial charge in [0.1, 0.15) is 5.01 Å². The van der Waals surface area contributed by atoms with Crippen molar-refractivity contribution in [3.8, 4) is 0 Å². The molecule has 1 aliphatic heterocycles. The lowest BCUT2D eigenvalue weighted by molar-refractivity contribution is 0.189. The highest BCUT2D eigenvalue weighted by Gasteiger charge is 2.29. The predicted molar refractivity (Wildman–Crippen MR) is 70.0 cm³/mol. The average Bonchev–Trinajstić information content (AvgIpc) is 2.88. The van der Waals surface area contributed by atoms with Crippen LogP contribution in [0.3, 0.4) is 0 Å². The van der Waals surface area contributed by atoms with Gasteiger partial charge in [0.25, 0.3) is 0 Å². The Morgan fingerprint density at radius 1 is 1.56 bits per heavy atom. The monoisotopic (exact) mass is 258 g/mol.